The van der Waals surface area contributed by atoms with Gasteiger partial charge in [0.2, 0.25) is 5.91 Å². The van der Waals surface area contributed by atoms with Gasteiger partial charge in [-0.2, -0.15) is 5.26 Å². The maximum Gasteiger partial charge on any atom is 0.253 e. The molecule has 2 rings (SSSR count). The molecule has 1 saturated carbocycles. The minimum Gasteiger partial charge on any atom is -0.352 e. The van der Waals surface area contributed by atoms with Crippen molar-refractivity contribution in [2.24, 2.45) is 5.92 Å². The molecule has 1 unspecified atom stereocenters. The fraction of sp³-hybridized carbons (Fsp3) is 0.474. The predicted molar refractivity (Wildman–Crippen MR) is 92.5 cm³/mol. The normalized spacial score (nSPS) is 15.7. The van der Waals surface area contributed by atoms with Gasteiger partial charge in [-0.25, -0.2) is 0 Å². The highest BCUT2D eigenvalue weighted by Gasteiger charge is 2.30. The number of hydrogen-bond donors (Lipinski definition) is 1. The standard InChI is InChI=1S/C19H23N3O3/c1-22(19(25)14-8-4-2-5-9-14)13-17(23)16(12-20)18(24)21-15-10-6-3-7-11-15/h2,4-5,8-9,15-16H,3,6-7,10-11,13H2,1H3,(H,21,24). The summed E-state index contributed by atoms with van der Waals surface area (Å²) in [4.78, 5) is 38.1. The Morgan fingerprint density at radius 1 is 1.20 bits per heavy atom. The molecule has 1 aliphatic carbocycles. The van der Waals surface area contributed by atoms with Gasteiger partial charge in [-0.1, -0.05) is 37.5 Å². The van der Waals surface area contributed by atoms with Crippen LogP contribution in [0, 0.1) is 17.2 Å². The lowest BCUT2D eigenvalue weighted by Gasteiger charge is -2.24. The van der Waals surface area contributed by atoms with E-state index in [2.05, 4.69) is 5.32 Å². The van der Waals surface area contributed by atoms with Crippen molar-refractivity contribution in [1.82, 2.24) is 10.2 Å². The lowest BCUT2D eigenvalue weighted by atomic mass is 9.94. The summed E-state index contributed by atoms with van der Waals surface area (Å²) in [6.45, 7) is -0.274. The van der Waals surface area contributed by atoms with Crippen LogP contribution in [0.5, 0.6) is 0 Å². The third kappa shape index (κ3) is 5.15. The maximum atomic E-state index is 12.3. The minimum absolute atomic E-state index is 0.0357. The molecule has 0 heterocycles. The van der Waals surface area contributed by atoms with Crippen LogP contribution in [0.25, 0.3) is 0 Å². The second-order valence-corrected chi connectivity index (χ2v) is 6.40. The molecule has 132 valence electrons. The van der Waals surface area contributed by atoms with Crippen molar-refractivity contribution in [1.29, 1.82) is 5.26 Å². The molecule has 1 fully saturated rings. The van der Waals surface area contributed by atoms with Crippen molar-refractivity contribution in [3.8, 4) is 6.07 Å². The Morgan fingerprint density at radius 3 is 2.44 bits per heavy atom. The Morgan fingerprint density at radius 2 is 1.84 bits per heavy atom. The summed E-state index contributed by atoms with van der Waals surface area (Å²) >= 11 is 0. The van der Waals surface area contributed by atoms with Gasteiger partial charge in [0, 0.05) is 18.7 Å². The van der Waals surface area contributed by atoms with E-state index in [1.807, 2.05) is 0 Å². The van der Waals surface area contributed by atoms with Crippen LogP contribution in [0.1, 0.15) is 42.5 Å². The largest absolute Gasteiger partial charge is 0.352 e. The summed E-state index contributed by atoms with van der Waals surface area (Å²) < 4.78 is 0. The molecule has 2 amide bonds. The minimum atomic E-state index is -1.38. The fourth-order valence-electron chi connectivity index (χ4n) is 3.01. The molecule has 0 saturated heterocycles. The molecule has 0 radical (unpaired) electrons. The van der Waals surface area contributed by atoms with E-state index in [1.54, 1.807) is 36.4 Å². The fourth-order valence-corrected chi connectivity index (χ4v) is 3.01. The van der Waals surface area contributed by atoms with Crippen molar-refractivity contribution >= 4 is 17.6 Å². The number of benzene rings is 1. The van der Waals surface area contributed by atoms with Gasteiger partial charge in [-0.15, -0.1) is 0 Å². The number of hydrogen-bond acceptors (Lipinski definition) is 4. The summed E-state index contributed by atoms with van der Waals surface area (Å²) in [6, 6.07) is 10.4. The first-order chi connectivity index (χ1) is 12.0. The molecule has 0 bridgehead atoms. The zero-order chi connectivity index (χ0) is 18.2. The van der Waals surface area contributed by atoms with E-state index in [9.17, 15) is 19.6 Å². The van der Waals surface area contributed by atoms with Crippen molar-refractivity contribution in [3.63, 3.8) is 0 Å². The van der Waals surface area contributed by atoms with Gasteiger partial charge in [0.1, 0.15) is 0 Å². The van der Waals surface area contributed by atoms with Crippen LogP contribution in [-0.4, -0.2) is 42.1 Å². The van der Waals surface area contributed by atoms with Gasteiger partial charge < -0.3 is 10.2 Å². The molecule has 0 aromatic heterocycles. The molecule has 6 nitrogen and oxygen atoms in total. The summed E-state index contributed by atoms with van der Waals surface area (Å²) in [7, 11) is 1.49. The van der Waals surface area contributed by atoms with E-state index in [0.29, 0.717) is 5.56 Å². The second-order valence-electron chi connectivity index (χ2n) is 6.40. The lowest BCUT2D eigenvalue weighted by Crippen LogP contribution is -2.44. The average Bonchev–Trinajstić information content (AvgIpc) is 2.63. The van der Waals surface area contributed by atoms with Crippen LogP contribution in [0.15, 0.2) is 30.3 Å². The number of carbonyl (C=O) groups is 3. The van der Waals surface area contributed by atoms with Crippen LogP contribution in [0.3, 0.4) is 0 Å². The van der Waals surface area contributed by atoms with Crippen LogP contribution < -0.4 is 5.32 Å². The number of nitriles is 1. The Labute approximate surface area is 147 Å². The second kappa shape index (κ2) is 8.97. The van der Waals surface area contributed by atoms with Crippen LogP contribution >= 0.6 is 0 Å². The van der Waals surface area contributed by atoms with Gasteiger partial charge in [0.15, 0.2) is 11.7 Å². The first kappa shape index (κ1) is 18.7. The molecule has 1 aromatic carbocycles. The number of Topliss-reactive ketones (excluding diaryl/α,β-unsaturated/α-hetero) is 1. The highest BCUT2D eigenvalue weighted by atomic mass is 16.2. The zero-order valence-corrected chi connectivity index (χ0v) is 14.4. The van der Waals surface area contributed by atoms with Gasteiger partial charge in [0.25, 0.3) is 5.91 Å². The molecular weight excluding hydrogens is 318 g/mol. The lowest BCUT2D eigenvalue weighted by molar-refractivity contribution is -0.132. The summed E-state index contributed by atoms with van der Waals surface area (Å²) in [6.07, 6.45) is 5.00. The molecule has 6 heteroatoms. The average molecular weight is 341 g/mol. The number of rotatable bonds is 6. The van der Waals surface area contributed by atoms with E-state index in [0.717, 1.165) is 32.1 Å². The number of carbonyl (C=O) groups excluding carboxylic acids is 3. The van der Waals surface area contributed by atoms with Gasteiger partial charge in [-0.3, -0.25) is 14.4 Å². The first-order valence-corrected chi connectivity index (χ1v) is 8.56. The molecule has 25 heavy (non-hydrogen) atoms. The molecule has 1 aliphatic rings. The van der Waals surface area contributed by atoms with Crippen LogP contribution in [0.2, 0.25) is 0 Å². The third-order valence-electron chi connectivity index (χ3n) is 4.43. The predicted octanol–water partition coefficient (Wildman–Crippen LogP) is 1.92. The molecule has 1 N–H and O–H groups in total. The summed E-state index contributed by atoms with van der Waals surface area (Å²) in [5.74, 6) is -2.83. The van der Waals surface area contributed by atoms with Crippen LogP contribution in [0.4, 0.5) is 0 Å². The van der Waals surface area contributed by atoms with E-state index >= 15 is 0 Å². The van der Waals surface area contributed by atoms with Crippen molar-refractivity contribution in [2.45, 2.75) is 38.1 Å². The Hall–Kier alpha value is -2.68. The molecule has 0 aliphatic heterocycles. The Balaban J connectivity index is 1.93. The zero-order valence-electron chi connectivity index (χ0n) is 14.4. The number of nitrogens with zero attached hydrogens (tertiary/aromatic N) is 2. The van der Waals surface area contributed by atoms with Gasteiger partial charge in [0.05, 0.1) is 12.6 Å². The topological polar surface area (TPSA) is 90.3 Å². The van der Waals surface area contributed by atoms with E-state index in [1.165, 1.54) is 11.9 Å². The monoisotopic (exact) mass is 341 g/mol. The quantitative estimate of drug-likeness (QED) is 0.800. The van der Waals surface area contributed by atoms with E-state index < -0.39 is 17.6 Å². The Kier molecular flexibility index (Phi) is 6.70. The van der Waals surface area contributed by atoms with E-state index in [-0.39, 0.29) is 18.5 Å². The summed E-state index contributed by atoms with van der Waals surface area (Å²) in [5, 5.41) is 12.0. The van der Waals surface area contributed by atoms with Gasteiger partial charge in [-0.05, 0) is 25.0 Å². The molecule has 1 atom stereocenters. The third-order valence-corrected chi connectivity index (χ3v) is 4.43. The maximum absolute atomic E-state index is 12.3. The number of ketones is 1. The van der Waals surface area contributed by atoms with Crippen molar-refractivity contribution < 1.29 is 14.4 Å². The molecule has 0 spiro atoms. The number of nitrogens with one attached hydrogen (secondary N) is 1. The van der Waals surface area contributed by atoms with Crippen molar-refractivity contribution in [3.05, 3.63) is 35.9 Å². The van der Waals surface area contributed by atoms with E-state index in [4.69, 9.17) is 0 Å². The smallest absolute Gasteiger partial charge is 0.253 e. The van der Waals surface area contributed by atoms with Gasteiger partial charge >= 0.3 is 0 Å². The first-order valence-electron chi connectivity index (χ1n) is 8.56. The number of likely N-dealkylation sites (N-methyl/N-ethyl adjacent to an activating group) is 1. The highest BCUT2D eigenvalue weighted by Crippen LogP contribution is 2.18. The Bertz CT molecular complexity index is 660. The molecule has 1 aromatic rings. The van der Waals surface area contributed by atoms with Crippen molar-refractivity contribution in [2.75, 3.05) is 13.6 Å². The SMILES string of the molecule is CN(CC(=O)C(C#N)C(=O)NC1CCCCC1)C(=O)c1ccccc1. The summed E-state index contributed by atoms with van der Waals surface area (Å²) in [5.41, 5.74) is 0.456. The number of amides is 2. The molecular formula is C19H23N3O3. The van der Waals surface area contributed by atoms with Crippen LogP contribution in [-0.2, 0) is 9.59 Å². The highest BCUT2D eigenvalue weighted by molar-refractivity contribution is 6.06.